The number of nitrogens with zero attached hydrogens (tertiary/aromatic N) is 1. The summed E-state index contributed by atoms with van der Waals surface area (Å²) < 4.78 is 5.56. The van der Waals surface area contributed by atoms with Gasteiger partial charge in [0.05, 0.1) is 11.0 Å². The van der Waals surface area contributed by atoms with Crippen molar-refractivity contribution in [1.29, 1.82) is 0 Å². The monoisotopic (exact) mass is 293 g/mol. The minimum atomic E-state index is -0.327. The lowest BCUT2D eigenvalue weighted by Gasteiger charge is -2.13. The number of nitrogens with one attached hydrogen (secondary N) is 2. The third-order valence-electron chi connectivity index (χ3n) is 3.59. The molecule has 21 heavy (non-hydrogen) atoms. The van der Waals surface area contributed by atoms with Crippen LogP contribution in [0, 0.1) is 10.1 Å². The van der Waals surface area contributed by atoms with Gasteiger partial charge in [0.1, 0.15) is 11.4 Å². The lowest BCUT2D eigenvalue weighted by atomic mass is 10.1. The topological polar surface area (TPSA) is 76.4 Å². The van der Waals surface area contributed by atoms with Gasteiger partial charge in [0.2, 0.25) is 0 Å². The summed E-state index contributed by atoms with van der Waals surface area (Å²) in [6, 6.07) is 5.34. The van der Waals surface area contributed by atoms with Crippen LogP contribution in [0.25, 0.3) is 0 Å². The normalized spacial score (nSPS) is 17.7. The van der Waals surface area contributed by atoms with E-state index in [9.17, 15) is 10.1 Å². The van der Waals surface area contributed by atoms with E-state index in [-0.39, 0.29) is 16.7 Å². The second-order valence-electron chi connectivity index (χ2n) is 5.24. The third-order valence-corrected chi connectivity index (χ3v) is 3.59. The molecule has 1 saturated heterocycles. The van der Waals surface area contributed by atoms with Gasteiger partial charge < -0.3 is 15.4 Å². The lowest BCUT2D eigenvalue weighted by Crippen LogP contribution is -2.13. The van der Waals surface area contributed by atoms with Gasteiger partial charge in [0.15, 0.2) is 0 Å². The van der Waals surface area contributed by atoms with Crippen LogP contribution in [0.1, 0.15) is 32.6 Å². The van der Waals surface area contributed by atoms with Crippen LogP contribution in [-0.2, 0) is 4.74 Å². The van der Waals surface area contributed by atoms with Gasteiger partial charge in [0, 0.05) is 19.7 Å². The minimum absolute atomic E-state index is 0.123. The molecule has 0 aromatic heterocycles. The van der Waals surface area contributed by atoms with E-state index in [1.54, 1.807) is 12.1 Å². The molecule has 2 N–H and O–H groups in total. The molecule has 0 spiro atoms. The number of para-hydroxylation sites is 1. The zero-order valence-corrected chi connectivity index (χ0v) is 12.4. The number of anilines is 2. The van der Waals surface area contributed by atoms with Crippen LogP contribution >= 0.6 is 0 Å². The van der Waals surface area contributed by atoms with Crippen LogP contribution in [0.3, 0.4) is 0 Å². The van der Waals surface area contributed by atoms with Gasteiger partial charge in [0.25, 0.3) is 0 Å². The molecule has 116 valence electrons. The smallest absolute Gasteiger partial charge is 0.315 e. The number of rotatable bonds is 8. The number of hydrogen-bond acceptors (Lipinski definition) is 5. The molecule has 1 aliphatic heterocycles. The summed E-state index contributed by atoms with van der Waals surface area (Å²) >= 11 is 0. The predicted molar refractivity (Wildman–Crippen MR) is 84.0 cm³/mol. The summed E-state index contributed by atoms with van der Waals surface area (Å²) in [5.41, 5.74) is 1.27. The number of hydrogen-bond donors (Lipinski definition) is 2. The molecule has 6 heteroatoms. The molecule has 0 radical (unpaired) electrons. The fourth-order valence-corrected chi connectivity index (χ4v) is 2.53. The zero-order valence-electron chi connectivity index (χ0n) is 12.4. The van der Waals surface area contributed by atoms with Gasteiger partial charge in [-0.1, -0.05) is 13.0 Å². The van der Waals surface area contributed by atoms with Gasteiger partial charge in [-0.05, 0) is 37.8 Å². The highest BCUT2D eigenvalue weighted by Crippen LogP contribution is 2.32. The highest BCUT2D eigenvalue weighted by molar-refractivity contribution is 5.76. The largest absolute Gasteiger partial charge is 0.379 e. The summed E-state index contributed by atoms with van der Waals surface area (Å²) in [5.74, 6) is 0. The first-order valence-corrected chi connectivity index (χ1v) is 7.59. The number of nitro groups is 1. The first-order valence-electron chi connectivity index (χ1n) is 7.59. The molecule has 1 atom stereocenters. The highest BCUT2D eigenvalue weighted by Gasteiger charge is 2.20. The average molecular weight is 293 g/mol. The van der Waals surface area contributed by atoms with Crippen molar-refractivity contribution in [3.05, 3.63) is 28.3 Å². The third kappa shape index (κ3) is 4.32. The minimum Gasteiger partial charge on any atom is -0.379 e. The SMILES string of the molecule is CCCNc1cccc(NCCC2CCCO2)c1[N+](=O)[O-]. The van der Waals surface area contributed by atoms with Gasteiger partial charge in [-0.25, -0.2) is 0 Å². The second kappa shape index (κ2) is 7.83. The Labute approximate surface area is 125 Å². The van der Waals surface area contributed by atoms with Crippen LogP contribution in [0.5, 0.6) is 0 Å². The van der Waals surface area contributed by atoms with Crippen LogP contribution in [0.4, 0.5) is 17.1 Å². The zero-order chi connectivity index (χ0) is 15.1. The number of benzene rings is 1. The van der Waals surface area contributed by atoms with Crippen LogP contribution < -0.4 is 10.6 Å². The van der Waals surface area contributed by atoms with Gasteiger partial charge in [-0.2, -0.15) is 0 Å². The van der Waals surface area contributed by atoms with Crippen LogP contribution in [0.2, 0.25) is 0 Å². The molecule has 1 unspecified atom stereocenters. The maximum absolute atomic E-state index is 11.3. The fraction of sp³-hybridized carbons (Fsp3) is 0.600. The van der Waals surface area contributed by atoms with Crippen molar-refractivity contribution in [2.75, 3.05) is 30.3 Å². The molecule has 1 aromatic rings. The van der Waals surface area contributed by atoms with Crippen LogP contribution in [0.15, 0.2) is 18.2 Å². The molecule has 1 aliphatic rings. The Hall–Kier alpha value is -1.82. The first-order chi connectivity index (χ1) is 10.2. The Balaban J connectivity index is 2.01. The molecular weight excluding hydrogens is 270 g/mol. The lowest BCUT2D eigenvalue weighted by molar-refractivity contribution is -0.383. The summed E-state index contributed by atoms with van der Waals surface area (Å²) in [7, 11) is 0. The molecule has 0 amide bonds. The molecule has 0 aliphatic carbocycles. The van der Waals surface area contributed by atoms with Gasteiger partial charge in [-0.15, -0.1) is 0 Å². The van der Waals surface area contributed by atoms with Crippen molar-refractivity contribution in [1.82, 2.24) is 0 Å². The maximum Gasteiger partial charge on any atom is 0.315 e. The molecule has 6 nitrogen and oxygen atoms in total. The average Bonchev–Trinajstić information content (AvgIpc) is 2.98. The Morgan fingerprint density at radius 2 is 2.05 bits per heavy atom. The van der Waals surface area contributed by atoms with Crippen molar-refractivity contribution < 1.29 is 9.66 Å². The highest BCUT2D eigenvalue weighted by atomic mass is 16.6. The Kier molecular flexibility index (Phi) is 5.80. The summed E-state index contributed by atoms with van der Waals surface area (Å²) in [6.45, 7) is 4.27. The Bertz CT molecular complexity index is 473. The Morgan fingerprint density at radius 3 is 2.62 bits per heavy atom. The van der Waals surface area contributed by atoms with E-state index in [2.05, 4.69) is 10.6 Å². The van der Waals surface area contributed by atoms with Crippen molar-refractivity contribution in [2.24, 2.45) is 0 Å². The standard InChI is InChI=1S/C15H23N3O3/c1-2-9-16-13-6-3-7-14(15(13)18(19)20)17-10-8-12-5-4-11-21-12/h3,6-7,12,16-17H,2,4-5,8-11H2,1H3. The van der Waals surface area contributed by atoms with E-state index < -0.39 is 0 Å². The van der Waals surface area contributed by atoms with Crippen molar-refractivity contribution >= 4 is 17.1 Å². The van der Waals surface area contributed by atoms with Gasteiger partial charge >= 0.3 is 5.69 Å². The first kappa shape index (κ1) is 15.6. The Morgan fingerprint density at radius 1 is 1.33 bits per heavy atom. The van der Waals surface area contributed by atoms with E-state index in [1.807, 2.05) is 13.0 Å². The van der Waals surface area contributed by atoms with E-state index in [0.29, 0.717) is 17.9 Å². The van der Waals surface area contributed by atoms with Crippen molar-refractivity contribution in [3.8, 4) is 0 Å². The molecule has 0 bridgehead atoms. The van der Waals surface area contributed by atoms with Crippen molar-refractivity contribution in [2.45, 2.75) is 38.7 Å². The summed E-state index contributed by atoms with van der Waals surface area (Å²) in [5, 5.41) is 17.6. The van der Waals surface area contributed by atoms with Crippen LogP contribution in [-0.4, -0.2) is 30.7 Å². The maximum atomic E-state index is 11.3. The van der Waals surface area contributed by atoms with Gasteiger partial charge in [-0.3, -0.25) is 10.1 Å². The summed E-state index contributed by atoms with van der Waals surface area (Å²) in [4.78, 5) is 11.0. The quantitative estimate of drug-likeness (QED) is 0.567. The van der Waals surface area contributed by atoms with E-state index in [0.717, 1.165) is 38.8 Å². The van der Waals surface area contributed by atoms with E-state index in [1.165, 1.54) is 0 Å². The molecule has 2 rings (SSSR count). The van der Waals surface area contributed by atoms with Crippen molar-refractivity contribution in [3.63, 3.8) is 0 Å². The fourth-order valence-electron chi connectivity index (χ4n) is 2.53. The summed E-state index contributed by atoms with van der Waals surface area (Å²) in [6.07, 6.45) is 4.29. The molecular formula is C15H23N3O3. The molecule has 1 aromatic carbocycles. The molecule has 1 heterocycles. The number of ether oxygens (including phenoxy) is 1. The molecule has 0 saturated carbocycles. The van der Waals surface area contributed by atoms with E-state index in [4.69, 9.17) is 4.74 Å². The molecule has 1 fully saturated rings. The van der Waals surface area contributed by atoms with E-state index >= 15 is 0 Å². The second-order valence-corrected chi connectivity index (χ2v) is 5.24. The predicted octanol–water partition coefficient (Wildman–Crippen LogP) is 3.40. The number of nitro benzene ring substituents is 1.